The molecule has 1 aliphatic rings. The van der Waals surface area contributed by atoms with E-state index in [-0.39, 0.29) is 18.0 Å². The van der Waals surface area contributed by atoms with Crippen LogP contribution in [0.3, 0.4) is 0 Å². The average molecular weight is 277 g/mol. The SMILES string of the molecule is CCCC(C)NC(=O)C(C)n1c(C)nc2c1CCCC2. The van der Waals surface area contributed by atoms with E-state index in [2.05, 4.69) is 28.7 Å². The third kappa shape index (κ3) is 3.05. The number of nitrogens with one attached hydrogen (secondary N) is 1. The van der Waals surface area contributed by atoms with E-state index in [4.69, 9.17) is 0 Å². The van der Waals surface area contributed by atoms with Crippen molar-refractivity contribution in [3.05, 3.63) is 17.2 Å². The van der Waals surface area contributed by atoms with Gasteiger partial charge in [0.2, 0.25) is 5.91 Å². The van der Waals surface area contributed by atoms with Crippen molar-refractivity contribution < 1.29 is 4.79 Å². The molecule has 4 nitrogen and oxygen atoms in total. The Hall–Kier alpha value is -1.32. The highest BCUT2D eigenvalue weighted by molar-refractivity contribution is 5.80. The van der Waals surface area contributed by atoms with E-state index >= 15 is 0 Å². The van der Waals surface area contributed by atoms with Crippen LogP contribution in [0, 0.1) is 6.92 Å². The highest BCUT2D eigenvalue weighted by Crippen LogP contribution is 2.25. The Morgan fingerprint density at radius 1 is 1.35 bits per heavy atom. The normalized spacial score (nSPS) is 17.4. The van der Waals surface area contributed by atoms with Gasteiger partial charge in [-0.05, 0) is 52.9 Å². The summed E-state index contributed by atoms with van der Waals surface area (Å²) in [5, 5.41) is 3.12. The Morgan fingerprint density at radius 3 is 2.75 bits per heavy atom. The highest BCUT2D eigenvalue weighted by Gasteiger charge is 2.25. The van der Waals surface area contributed by atoms with Gasteiger partial charge in [0.1, 0.15) is 11.9 Å². The predicted octanol–water partition coefficient (Wildman–Crippen LogP) is 2.94. The van der Waals surface area contributed by atoms with Crippen LogP contribution in [0.4, 0.5) is 0 Å². The topological polar surface area (TPSA) is 46.9 Å². The van der Waals surface area contributed by atoms with Crippen molar-refractivity contribution in [1.29, 1.82) is 0 Å². The summed E-state index contributed by atoms with van der Waals surface area (Å²) < 4.78 is 2.14. The first-order chi connectivity index (χ1) is 9.54. The Morgan fingerprint density at radius 2 is 2.05 bits per heavy atom. The summed E-state index contributed by atoms with van der Waals surface area (Å²) in [6, 6.07) is 0.0817. The minimum atomic E-state index is -0.163. The number of rotatable bonds is 5. The molecule has 1 aromatic rings. The molecule has 2 atom stereocenters. The number of carbonyl (C=O) groups is 1. The van der Waals surface area contributed by atoms with Crippen molar-refractivity contribution in [1.82, 2.24) is 14.9 Å². The number of fused-ring (bicyclic) bond motifs is 1. The van der Waals surface area contributed by atoms with E-state index in [9.17, 15) is 4.79 Å². The maximum Gasteiger partial charge on any atom is 0.243 e. The zero-order valence-electron chi connectivity index (χ0n) is 13.2. The molecule has 4 heteroatoms. The summed E-state index contributed by atoms with van der Waals surface area (Å²) in [5.74, 6) is 1.09. The molecule has 0 saturated heterocycles. The molecule has 1 N–H and O–H groups in total. The summed E-state index contributed by atoms with van der Waals surface area (Å²) in [6.45, 7) is 8.21. The molecule has 2 unspecified atom stereocenters. The Labute approximate surface area is 122 Å². The molecule has 0 bridgehead atoms. The smallest absolute Gasteiger partial charge is 0.243 e. The van der Waals surface area contributed by atoms with Gasteiger partial charge in [0, 0.05) is 11.7 Å². The predicted molar refractivity (Wildman–Crippen MR) is 80.8 cm³/mol. The van der Waals surface area contributed by atoms with Crippen molar-refractivity contribution in [2.75, 3.05) is 0 Å². The average Bonchev–Trinajstić information content (AvgIpc) is 2.73. The third-order valence-corrected chi connectivity index (χ3v) is 4.22. The van der Waals surface area contributed by atoms with Crippen LogP contribution in [0.5, 0.6) is 0 Å². The van der Waals surface area contributed by atoms with Crippen molar-refractivity contribution in [3.63, 3.8) is 0 Å². The van der Waals surface area contributed by atoms with Gasteiger partial charge in [-0.25, -0.2) is 4.98 Å². The molecular weight excluding hydrogens is 250 g/mol. The largest absolute Gasteiger partial charge is 0.352 e. The fraction of sp³-hybridized carbons (Fsp3) is 0.750. The zero-order chi connectivity index (χ0) is 14.7. The van der Waals surface area contributed by atoms with Crippen LogP contribution in [0.25, 0.3) is 0 Å². The van der Waals surface area contributed by atoms with Gasteiger partial charge in [0.15, 0.2) is 0 Å². The number of amides is 1. The molecule has 20 heavy (non-hydrogen) atoms. The fourth-order valence-electron chi connectivity index (χ4n) is 3.20. The van der Waals surface area contributed by atoms with Crippen molar-refractivity contribution in [3.8, 4) is 0 Å². The van der Waals surface area contributed by atoms with Crippen LogP contribution >= 0.6 is 0 Å². The quantitative estimate of drug-likeness (QED) is 0.899. The Kier molecular flexibility index (Phi) is 4.84. The Bertz CT molecular complexity index is 478. The number of aromatic nitrogens is 2. The first-order valence-electron chi connectivity index (χ1n) is 7.91. The number of hydrogen-bond acceptors (Lipinski definition) is 2. The molecular formula is C16H27N3O. The second kappa shape index (κ2) is 6.42. The minimum Gasteiger partial charge on any atom is -0.352 e. The van der Waals surface area contributed by atoms with Crippen LogP contribution in [-0.4, -0.2) is 21.5 Å². The van der Waals surface area contributed by atoms with Gasteiger partial charge in [-0.2, -0.15) is 0 Å². The van der Waals surface area contributed by atoms with Gasteiger partial charge < -0.3 is 9.88 Å². The number of aryl methyl sites for hydroxylation is 2. The molecule has 0 aromatic carbocycles. The zero-order valence-corrected chi connectivity index (χ0v) is 13.2. The van der Waals surface area contributed by atoms with Gasteiger partial charge in [-0.3, -0.25) is 4.79 Å². The molecule has 0 radical (unpaired) electrons. The second-order valence-corrected chi connectivity index (χ2v) is 6.00. The summed E-state index contributed by atoms with van der Waals surface area (Å²) in [4.78, 5) is 17.1. The van der Waals surface area contributed by atoms with Crippen LogP contribution in [0.1, 0.15) is 69.7 Å². The summed E-state index contributed by atoms with van der Waals surface area (Å²) >= 11 is 0. The number of hydrogen-bond donors (Lipinski definition) is 1. The molecule has 1 amide bonds. The van der Waals surface area contributed by atoms with Gasteiger partial charge in [-0.1, -0.05) is 13.3 Å². The van der Waals surface area contributed by atoms with E-state index in [1.165, 1.54) is 24.2 Å². The van der Waals surface area contributed by atoms with E-state index in [0.29, 0.717) is 0 Å². The maximum absolute atomic E-state index is 12.4. The first kappa shape index (κ1) is 15.1. The van der Waals surface area contributed by atoms with Gasteiger partial charge in [-0.15, -0.1) is 0 Å². The summed E-state index contributed by atoms with van der Waals surface area (Å²) in [6.07, 6.45) is 6.66. The maximum atomic E-state index is 12.4. The van der Waals surface area contributed by atoms with Gasteiger partial charge in [0.05, 0.1) is 5.69 Å². The molecule has 2 rings (SSSR count). The van der Waals surface area contributed by atoms with Crippen LogP contribution in [0.15, 0.2) is 0 Å². The molecule has 0 aliphatic heterocycles. The summed E-state index contributed by atoms with van der Waals surface area (Å²) in [7, 11) is 0. The first-order valence-corrected chi connectivity index (χ1v) is 7.91. The van der Waals surface area contributed by atoms with Crippen LogP contribution < -0.4 is 5.32 Å². The number of carbonyl (C=O) groups excluding carboxylic acids is 1. The van der Waals surface area contributed by atoms with Crippen molar-refractivity contribution >= 4 is 5.91 Å². The number of imidazole rings is 1. The fourth-order valence-corrected chi connectivity index (χ4v) is 3.20. The van der Waals surface area contributed by atoms with Crippen LogP contribution in [0.2, 0.25) is 0 Å². The van der Waals surface area contributed by atoms with Gasteiger partial charge >= 0.3 is 0 Å². The van der Waals surface area contributed by atoms with E-state index in [1.807, 2.05) is 13.8 Å². The Balaban J connectivity index is 2.14. The lowest BCUT2D eigenvalue weighted by atomic mass is 10.0. The van der Waals surface area contributed by atoms with E-state index < -0.39 is 0 Å². The van der Waals surface area contributed by atoms with Gasteiger partial charge in [0.25, 0.3) is 0 Å². The molecule has 0 saturated carbocycles. The third-order valence-electron chi connectivity index (χ3n) is 4.22. The molecule has 0 spiro atoms. The monoisotopic (exact) mass is 277 g/mol. The highest BCUT2D eigenvalue weighted by atomic mass is 16.2. The minimum absolute atomic E-state index is 0.111. The molecule has 1 aliphatic carbocycles. The van der Waals surface area contributed by atoms with Crippen molar-refractivity contribution in [2.24, 2.45) is 0 Å². The van der Waals surface area contributed by atoms with E-state index in [1.54, 1.807) is 0 Å². The summed E-state index contributed by atoms with van der Waals surface area (Å²) in [5.41, 5.74) is 2.48. The molecule has 0 fully saturated rings. The molecule has 112 valence electrons. The second-order valence-electron chi connectivity index (χ2n) is 6.00. The lowest BCUT2D eigenvalue weighted by molar-refractivity contribution is -0.124. The lowest BCUT2D eigenvalue weighted by Crippen LogP contribution is -2.38. The van der Waals surface area contributed by atoms with Crippen molar-refractivity contribution in [2.45, 2.75) is 78.3 Å². The molecule has 1 aromatic heterocycles. The standard InChI is InChI=1S/C16H27N3O/c1-5-8-11(2)17-16(20)12(3)19-13(4)18-14-9-6-7-10-15(14)19/h11-12H,5-10H2,1-4H3,(H,17,20). The molecule has 1 heterocycles. The number of nitrogens with zero attached hydrogens (tertiary/aromatic N) is 2. The van der Waals surface area contributed by atoms with E-state index in [0.717, 1.165) is 31.5 Å². The lowest BCUT2D eigenvalue weighted by Gasteiger charge is -2.22. The van der Waals surface area contributed by atoms with Crippen LogP contribution in [-0.2, 0) is 17.6 Å².